The van der Waals surface area contributed by atoms with E-state index in [1.807, 2.05) is 0 Å². The zero-order valence-corrected chi connectivity index (χ0v) is 7.44. The van der Waals surface area contributed by atoms with Crippen LogP contribution >= 0.6 is 11.6 Å². The topological polar surface area (TPSA) is 36.7 Å². The Hall–Kier alpha value is -1.21. The van der Waals surface area contributed by atoms with Gasteiger partial charge in [0.25, 0.3) is 6.43 Å². The van der Waals surface area contributed by atoms with E-state index in [0.717, 1.165) is 0 Å². The van der Waals surface area contributed by atoms with Crippen LogP contribution < -0.4 is 0 Å². The molecule has 0 amide bonds. The minimum atomic E-state index is -2.70. The van der Waals surface area contributed by atoms with Crippen LogP contribution in [0.5, 0.6) is 0 Å². The summed E-state index contributed by atoms with van der Waals surface area (Å²) in [5.74, 6) is 0. The standard InChI is InChI=1S/C8H5ClF2N2/c1-4-6(8(10)11)7(9)5(2-12)3-13-4/h3,8H,1H3. The third-order valence-corrected chi connectivity index (χ3v) is 2.00. The lowest BCUT2D eigenvalue weighted by molar-refractivity contribution is 0.150. The van der Waals surface area contributed by atoms with E-state index in [1.165, 1.54) is 13.1 Å². The van der Waals surface area contributed by atoms with Gasteiger partial charge in [0.15, 0.2) is 0 Å². The minimum absolute atomic E-state index is 0.0254. The third-order valence-electron chi connectivity index (χ3n) is 1.59. The molecule has 0 saturated carbocycles. The van der Waals surface area contributed by atoms with Gasteiger partial charge in [-0.15, -0.1) is 0 Å². The number of alkyl halides is 2. The molecule has 1 rings (SSSR count). The molecule has 1 aromatic rings. The highest BCUT2D eigenvalue weighted by Crippen LogP contribution is 2.30. The summed E-state index contributed by atoms with van der Waals surface area (Å²) < 4.78 is 24.7. The van der Waals surface area contributed by atoms with Crippen molar-refractivity contribution in [3.63, 3.8) is 0 Å². The van der Waals surface area contributed by atoms with Gasteiger partial charge in [-0.2, -0.15) is 5.26 Å². The molecule has 68 valence electrons. The molecular weight excluding hydrogens is 198 g/mol. The zero-order valence-electron chi connectivity index (χ0n) is 6.68. The summed E-state index contributed by atoms with van der Waals surface area (Å²) in [4.78, 5) is 3.65. The van der Waals surface area contributed by atoms with Crippen molar-refractivity contribution in [3.05, 3.63) is 28.0 Å². The Morgan fingerprint density at radius 3 is 2.69 bits per heavy atom. The van der Waals surface area contributed by atoms with Gasteiger partial charge in [0.05, 0.1) is 16.1 Å². The van der Waals surface area contributed by atoms with Crippen LogP contribution in [0.15, 0.2) is 6.20 Å². The van der Waals surface area contributed by atoms with E-state index in [9.17, 15) is 8.78 Å². The van der Waals surface area contributed by atoms with Gasteiger partial charge in [0.2, 0.25) is 0 Å². The number of aromatic nitrogens is 1. The molecule has 0 aliphatic carbocycles. The van der Waals surface area contributed by atoms with Gasteiger partial charge in [-0.05, 0) is 6.92 Å². The first-order chi connectivity index (χ1) is 6.07. The monoisotopic (exact) mass is 202 g/mol. The maximum absolute atomic E-state index is 12.4. The molecule has 0 aliphatic heterocycles. The summed E-state index contributed by atoms with van der Waals surface area (Å²) in [6.45, 7) is 1.43. The lowest BCUT2D eigenvalue weighted by atomic mass is 10.1. The summed E-state index contributed by atoms with van der Waals surface area (Å²) in [5.41, 5.74) is -0.234. The van der Waals surface area contributed by atoms with Gasteiger partial charge in [-0.3, -0.25) is 4.98 Å². The lowest BCUT2D eigenvalue weighted by Crippen LogP contribution is -1.96. The van der Waals surface area contributed by atoms with Crippen molar-refractivity contribution in [2.45, 2.75) is 13.3 Å². The van der Waals surface area contributed by atoms with Crippen molar-refractivity contribution < 1.29 is 8.78 Å². The number of nitriles is 1. The first-order valence-corrected chi connectivity index (χ1v) is 3.79. The van der Waals surface area contributed by atoms with Gasteiger partial charge in [-0.1, -0.05) is 11.6 Å². The van der Waals surface area contributed by atoms with Gasteiger partial charge < -0.3 is 0 Å². The molecule has 0 bridgehead atoms. The number of aryl methyl sites for hydroxylation is 1. The van der Waals surface area contributed by atoms with Gasteiger partial charge in [0, 0.05) is 11.9 Å². The minimum Gasteiger partial charge on any atom is -0.260 e. The van der Waals surface area contributed by atoms with E-state index in [-0.39, 0.29) is 21.8 Å². The van der Waals surface area contributed by atoms with Gasteiger partial charge in [-0.25, -0.2) is 8.78 Å². The molecule has 0 aromatic carbocycles. The normalized spacial score (nSPS) is 10.2. The second-order valence-corrected chi connectivity index (χ2v) is 2.78. The molecule has 0 aliphatic rings. The molecule has 0 N–H and O–H groups in total. The maximum atomic E-state index is 12.4. The van der Waals surface area contributed by atoms with Crippen molar-refractivity contribution in [1.82, 2.24) is 4.98 Å². The lowest BCUT2D eigenvalue weighted by Gasteiger charge is -2.06. The second-order valence-electron chi connectivity index (χ2n) is 2.40. The second kappa shape index (κ2) is 3.67. The predicted molar refractivity (Wildman–Crippen MR) is 43.7 cm³/mol. The summed E-state index contributed by atoms with van der Waals surface area (Å²) in [7, 11) is 0. The van der Waals surface area contributed by atoms with Crippen molar-refractivity contribution >= 4 is 11.6 Å². The summed E-state index contributed by atoms with van der Waals surface area (Å²) in [6.07, 6.45) is -1.52. The molecule has 2 nitrogen and oxygen atoms in total. The number of hydrogen-bond donors (Lipinski definition) is 0. The third kappa shape index (κ3) is 1.76. The van der Waals surface area contributed by atoms with E-state index < -0.39 is 6.43 Å². The van der Waals surface area contributed by atoms with Crippen LogP contribution in [0, 0.1) is 18.3 Å². The zero-order chi connectivity index (χ0) is 10.0. The SMILES string of the molecule is Cc1ncc(C#N)c(Cl)c1C(F)F. The van der Waals surface area contributed by atoms with Crippen molar-refractivity contribution in [2.75, 3.05) is 0 Å². The molecular formula is C8H5ClF2N2. The fourth-order valence-electron chi connectivity index (χ4n) is 0.923. The first kappa shape index (κ1) is 9.87. The smallest absolute Gasteiger partial charge is 0.260 e. The number of nitrogens with zero attached hydrogens (tertiary/aromatic N) is 2. The van der Waals surface area contributed by atoms with Gasteiger partial charge >= 0.3 is 0 Å². The average molecular weight is 203 g/mol. The van der Waals surface area contributed by atoms with E-state index in [2.05, 4.69) is 4.98 Å². The van der Waals surface area contributed by atoms with Crippen LogP contribution in [0.2, 0.25) is 5.02 Å². The van der Waals surface area contributed by atoms with E-state index in [1.54, 1.807) is 6.07 Å². The van der Waals surface area contributed by atoms with Crippen molar-refractivity contribution in [2.24, 2.45) is 0 Å². The van der Waals surface area contributed by atoms with E-state index >= 15 is 0 Å². The largest absolute Gasteiger partial charge is 0.267 e. The highest BCUT2D eigenvalue weighted by molar-refractivity contribution is 6.32. The summed E-state index contributed by atoms with van der Waals surface area (Å²) in [5, 5.41) is 8.29. The van der Waals surface area contributed by atoms with Gasteiger partial charge in [0.1, 0.15) is 6.07 Å². The Kier molecular flexibility index (Phi) is 2.79. The molecule has 0 unspecified atom stereocenters. The Balaban J connectivity index is 3.41. The van der Waals surface area contributed by atoms with Crippen LogP contribution in [0.1, 0.15) is 23.2 Å². The van der Waals surface area contributed by atoms with E-state index in [4.69, 9.17) is 16.9 Å². The Bertz CT molecular complexity index is 371. The number of pyridine rings is 1. The quantitative estimate of drug-likeness (QED) is 0.702. The summed E-state index contributed by atoms with van der Waals surface area (Å²) in [6, 6.07) is 1.69. The van der Waals surface area contributed by atoms with Crippen molar-refractivity contribution in [3.8, 4) is 6.07 Å². The number of hydrogen-bond acceptors (Lipinski definition) is 2. The van der Waals surface area contributed by atoms with E-state index in [0.29, 0.717) is 0 Å². The maximum Gasteiger partial charge on any atom is 0.267 e. The summed E-state index contributed by atoms with van der Waals surface area (Å²) >= 11 is 5.57. The van der Waals surface area contributed by atoms with Crippen LogP contribution in [-0.2, 0) is 0 Å². The number of rotatable bonds is 1. The number of halogens is 3. The van der Waals surface area contributed by atoms with Crippen LogP contribution in [0.25, 0.3) is 0 Å². The molecule has 1 heterocycles. The first-order valence-electron chi connectivity index (χ1n) is 3.41. The Labute approximate surface area is 78.8 Å². The fraction of sp³-hybridized carbons (Fsp3) is 0.250. The van der Waals surface area contributed by atoms with Crippen molar-refractivity contribution in [1.29, 1.82) is 5.26 Å². The fourth-order valence-corrected chi connectivity index (χ4v) is 1.23. The van der Waals surface area contributed by atoms with Crippen LogP contribution in [0.4, 0.5) is 8.78 Å². The molecule has 1 aromatic heterocycles. The Morgan fingerprint density at radius 1 is 1.62 bits per heavy atom. The molecule has 0 saturated heterocycles. The molecule has 0 spiro atoms. The average Bonchev–Trinajstić information content (AvgIpc) is 2.04. The highest BCUT2D eigenvalue weighted by Gasteiger charge is 2.18. The predicted octanol–water partition coefficient (Wildman–Crippen LogP) is 2.85. The molecule has 0 fully saturated rings. The van der Waals surface area contributed by atoms with Crippen LogP contribution in [0.3, 0.4) is 0 Å². The Morgan fingerprint density at radius 2 is 2.23 bits per heavy atom. The molecule has 13 heavy (non-hydrogen) atoms. The molecule has 0 radical (unpaired) electrons. The highest BCUT2D eigenvalue weighted by atomic mass is 35.5. The van der Waals surface area contributed by atoms with Crippen LogP contribution in [-0.4, -0.2) is 4.98 Å². The molecule has 0 atom stereocenters. The molecule has 5 heteroatoms.